The van der Waals surface area contributed by atoms with Gasteiger partial charge in [-0.15, -0.1) is 0 Å². The summed E-state index contributed by atoms with van der Waals surface area (Å²) in [7, 11) is 0. The van der Waals surface area contributed by atoms with E-state index in [2.05, 4.69) is 41.4 Å². The van der Waals surface area contributed by atoms with Crippen LogP contribution in [0.15, 0.2) is 54.6 Å². The predicted molar refractivity (Wildman–Crippen MR) is 110 cm³/mol. The van der Waals surface area contributed by atoms with Crippen molar-refractivity contribution in [1.29, 1.82) is 0 Å². The highest BCUT2D eigenvalue weighted by Gasteiger charge is 2.16. The molecular weight excluding hydrogens is 334 g/mol. The van der Waals surface area contributed by atoms with Crippen molar-refractivity contribution in [2.24, 2.45) is 11.7 Å². The van der Waals surface area contributed by atoms with Crippen molar-refractivity contribution in [3.05, 3.63) is 71.3 Å². The second-order valence-corrected chi connectivity index (χ2v) is 7.79. The smallest absolute Gasteiger partial charge is 0.237 e. The largest absolute Gasteiger partial charge is 0.351 e. The lowest BCUT2D eigenvalue weighted by molar-refractivity contribution is -0.122. The Kier molecular flexibility index (Phi) is 7.02. The summed E-state index contributed by atoms with van der Waals surface area (Å²) in [6.07, 6.45) is 3.13. The maximum Gasteiger partial charge on any atom is 0.237 e. The topological polar surface area (TPSA) is 58.4 Å². The van der Waals surface area contributed by atoms with Crippen LogP contribution in [0, 0.1) is 5.92 Å². The van der Waals surface area contributed by atoms with Crippen LogP contribution in [0.3, 0.4) is 0 Å². The first-order chi connectivity index (χ1) is 13.1. The fourth-order valence-corrected chi connectivity index (χ4v) is 3.60. The third-order valence-electron chi connectivity index (χ3n) is 5.38. The van der Waals surface area contributed by atoms with E-state index >= 15 is 0 Å². The third-order valence-corrected chi connectivity index (χ3v) is 5.38. The molecule has 4 heteroatoms. The van der Waals surface area contributed by atoms with E-state index in [-0.39, 0.29) is 5.91 Å². The molecule has 3 rings (SSSR count). The third kappa shape index (κ3) is 6.19. The zero-order valence-corrected chi connectivity index (χ0v) is 16.2. The number of rotatable bonds is 7. The molecule has 1 unspecified atom stereocenters. The lowest BCUT2D eigenvalue weighted by Gasteiger charge is -2.30. The van der Waals surface area contributed by atoms with Crippen LogP contribution in [0.2, 0.25) is 0 Å². The Morgan fingerprint density at radius 1 is 1.07 bits per heavy atom. The number of hydrogen-bond acceptors (Lipinski definition) is 3. The maximum atomic E-state index is 12.3. The van der Waals surface area contributed by atoms with Crippen LogP contribution in [0.1, 0.15) is 36.5 Å². The van der Waals surface area contributed by atoms with Crippen LogP contribution < -0.4 is 11.1 Å². The number of carbonyl (C=O) groups is 1. The summed E-state index contributed by atoms with van der Waals surface area (Å²) in [6.45, 7) is 6.20. The zero-order valence-electron chi connectivity index (χ0n) is 16.2. The van der Waals surface area contributed by atoms with Crippen LogP contribution >= 0.6 is 0 Å². The van der Waals surface area contributed by atoms with Gasteiger partial charge in [-0.2, -0.15) is 0 Å². The van der Waals surface area contributed by atoms with Gasteiger partial charge in [-0.1, -0.05) is 61.5 Å². The maximum absolute atomic E-state index is 12.3. The Labute approximate surface area is 162 Å². The summed E-state index contributed by atoms with van der Waals surface area (Å²) in [5, 5.41) is 2.98. The van der Waals surface area contributed by atoms with Crippen LogP contribution in [0.25, 0.3) is 0 Å². The van der Waals surface area contributed by atoms with Gasteiger partial charge in [0.15, 0.2) is 0 Å². The highest BCUT2D eigenvalue weighted by Crippen LogP contribution is 2.18. The van der Waals surface area contributed by atoms with E-state index in [0.717, 1.165) is 23.6 Å². The normalized spacial score (nSPS) is 16.8. The molecule has 2 aromatic carbocycles. The molecule has 27 heavy (non-hydrogen) atoms. The Morgan fingerprint density at radius 3 is 2.48 bits per heavy atom. The van der Waals surface area contributed by atoms with Gasteiger partial charge in [-0.05, 0) is 55.0 Å². The number of likely N-dealkylation sites (tertiary alicyclic amines) is 1. The van der Waals surface area contributed by atoms with E-state index in [9.17, 15) is 4.79 Å². The molecule has 0 aliphatic carbocycles. The number of amides is 1. The van der Waals surface area contributed by atoms with Gasteiger partial charge >= 0.3 is 0 Å². The number of nitrogens with one attached hydrogen (secondary N) is 1. The Bertz CT molecular complexity index is 723. The molecule has 0 aromatic heterocycles. The van der Waals surface area contributed by atoms with Gasteiger partial charge in [0.2, 0.25) is 5.91 Å². The average Bonchev–Trinajstić information content (AvgIpc) is 2.69. The van der Waals surface area contributed by atoms with Crippen LogP contribution in [0.4, 0.5) is 0 Å². The van der Waals surface area contributed by atoms with Crippen LogP contribution in [0.5, 0.6) is 0 Å². The minimum absolute atomic E-state index is 0.103. The second kappa shape index (κ2) is 9.67. The molecule has 4 nitrogen and oxygen atoms in total. The number of hydrogen-bond donors (Lipinski definition) is 2. The van der Waals surface area contributed by atoms with Crippen molar-refractivity contribution in [1.82, 2.24) is 10.2 Å². The van der Waals surface area contributed by atoms with Crippen molar-refractivity contribution in [2.75, 3.05) is 13.1 Å². The first kappa shape index (κ1) is 19.6. The van der Waals surface area contributed by atoms with Gasteiger partial charge in [0.1, 0.15) is 0 Å². The summed E-state index contributed by atoms with van der Waals surface area (Å²) in [4.78, 5) is 14.8. The number of nitrogens with zero attached hydrogens (tertiary/aromatic N) is 1. The average molecular weight is 366 g/mol. The fraction of sp³-hybridized carbons (Fsp3) is 0.435. The summed E-state index contributed by atoms with van der Waals surface area (Å²) in [5.74, 6) is 0.747. The van der Waals surface area contributed by atoms with E-state index < -0.39 is 6.04 Å². The van der Waals surface area contributed by atoms with Crippen molar-refractivity contribution in [3.8, 4) is 0 Å². The molecule has 1 saturated heterocycles. The van der Waals surface area contributed by atoms with Crippen molar-refractivity contribution < 1.29 is 4.79 Å². The van der Waals surface area contributed by atoms with Crippen molar-refractivity contribution in [3.63, 3.8) is 0 Å². The first-order valence-corrected chi connectivity index (χ1v) is 9.97. The molecular formula is C23H31N3O. The van der Waals surface area contributed by atoms with Gasteiger partial charge in [-0.3, -0.25) is 9.69 Å². The molecule has 0 saturated carbocycles. The van der Waals surface area contributed by atoms with Crippen molar-refractivity contribution in [2.45, 2.75) is 45.3 Å². The predicted octanol–water partition coefficient (Wildman–Crippen LogP) is 3.10. The minimum atomic E-state index is -0.522. The van der Waals surface area contributed by atoms with Gasteiger partial charge in [-0.25, -0.2) is 0 Å². The van der Waals surface area contributed by atoms with Gasteiger partial charge in [0.25, 0.3) is 0 Å². The van der Waals surface area contributed by atoms with Gasteiger partial charge < -0.3 is 11.1 Å². The second-order valence-electron chi connectivity index (χ2n) is 7.79. The molecule has 1 aliphatic rings. The summed E-state index contributed by atoms with van der Waals surface area (Å²) in [5.41, 5.74) is 9.57. The summed E-state index contributed by atoms with van der Waals surface area (Å²) < 4.78 is 0. The molecule has 3 N–H and O–H groups in total. The number of piperidine rings is 1. The van der Waals surface area contributed by atoms with E-state index in [0.29, 0.717) is 13.0 Å². The van der Waals surface area contributed by atoms with Gasteiger partial charge in [0, 0.05) is 13.1 Å². The lowest BCUT2D eigenvalue weighted by atomic mass is 9.98. The first-order valence-electron chi connectivity index (χ1n) is 9.97. The molecule has 0 spiro atoms. The van der Waals surface area contributed by atoms with E-state index in [1.807, 2.05) is 30.3 Å². The molecule has 0 radical (unpaired) electrons. The molecule has 1 atom stereocenters. The van der Waals surface area contributed by atoms with E-state index in [1.54, 1.807) is 0 Å². The lowest BCUT2D eigenvalue weighted by Crippen LogP contribution is -2.41. The van der Waals surface area contributed by atoms with Crippen LogP contribution in [-0.2, 0) is 24.3 Å². The van der Waals surface area contributed by atoms with E-state index in [4.69, 9.17) is 5.73 Å². The summed E-state index contributed by atoms with van der Waals surface area (Å²) >= 11 is 0. The molecule has 0 bridgehead atoms. The molecule has 144 valence electrons. The molecule has 1 amide bonds. The SMILES string of the molecule is CC1CCN(Cc2cccc(CNC(=O)C(N)Cc3ccccc3)c2)CC1. The van der Waals surface area contributed by atoms with Gasteiger partial charge in [0.05, 0.1) is 6.04 Å². The zero-order chi connectivity index (χ0) is 19.1. The van der Waals surface area contributed by atoms with Crippen molar-refractivity contribution >= 4 is 5.91 Å². The molecule has 2 aromatic rings. The standard InChI is InChI=1S/C23H31N3O/c1-18-10-12-26(13-11-18)17-21-9-5-8-20(14-21)16-25-23(27)22(24)15-19-6-3-2-4-7-19/h2-9,14,18,22H,10-13,15-17,24H2,1H3,(H,25,27). The van der Waals surface area contributed by atoms with E-state index in [1.165, 1.54) is 31.5 Å². The number of benzene rings is 2. The highest BCUT2D eigenvalue weighted by atomic mass is 16.2. The molecule has 1 aliphatic heterocycles. The number of nitrogens with two attached hydrogens (primary N) is 1. The van der Waals surface area contributed by atoms with Crippen LogP contribution in [-0.4, -0.2) is 29.9 Å². The number of carbonyl (C=O) groups excluding carboxylic acids is 1. The molecule has 1 fully saturated rings. The molecule has 1 heterocycles. The minimum Gasteiger partial charge on any atom is -0.351 e. The quantitative estimate of drug-likeness (QED) is 0.793. The Hall–Kier alpha value is -2.17. The fourth-order valence-electron chi connectivity index (χ4n) is 3.60. The Morgan fingerprint density at radius 2 is 1.74 bits per heavy atom. The highest BCUT2D eigenvalue weighted by molar-refractivity contribution is 5.81. The monoisotopic (exact) mass is 365 g/mol. The Balaban J connectivity index is 1.48. The summed E-state index contributed by atoms with van der Waals surface area (Å²) in [6, 6.07) is 17.9.